The van der Waals surface area contributed by atoms with Gasteiger partial charge in [-0.15, -0.1) is 0 Å². The summed E-state index contributed by atoms with van der Waals surface area (Å²) < 4.78 is 10.6. The van der Waals surface area contributed by atoms with Gasteiger partial charge in [-0.3, -0.25) is 4.79 Å². The fourth-order valence-electron chi connectivity index (χ4n) is 1.19. The summed E-state index contributed by atoms with van der Waals surface area (Å²) in [6.07, 6.45) is 0.501. The molecule has 0 radical (unpaired) electrons. The van der Waals surface area contributed by atoms with Crippen LogP contribution in [0.15, 0.2) is 0 Å². The molecule has 0 aromatic rings. The second-order valence-corrected chi connectivity index (χ2v) is 4.42. The topological polar surface area (TPSA) is 35.5 Å². The molecular formula is C8H13IO3. The molecule has 1 rings (SSSR count). The molecule has 1 heterocycles. The van der Waals surface area contributed by atoms with Gasteiger partial charge in [-0.1, -0.05) is 22.6 Å². The highest BCUT2D eigenvalue weighted by molar-refractivity contribution is 14.1. The first-order valence-corrected chi connectivity index (χ1v) is 5.36. The molecule has 4 heteroatoms. The Morgan fingerprint density at radius 3 is 2.92 bits per heavy atom. The van der Waals surface area contributed by atoms with Crippen LogP contribution in [-0.2, 0) is 14.3 Å². The highest BCUT2D eigenvalue weighted by Crippen LogP contribution is 2.24. The van der Waals surface area contributed by atoms with E-state index in [1.165, 1.54) is 0 Å². The van der Waals surface area contributed by atoms with E-state index in [0.717, 1.165) is 6.61 Å². The summed E-state index contributed by atoms with van der Waals surface area (Å²) in [7, 11) is 0. The quantitative estimate of drug-likeness (QED) is 0.446. The van der Waals surface area contributed by atoms with Crippen LogP contribution in [0.1, 0.15) is 13.3 Å². The van der Waals surface area contributed by atoms with Gasteiger partial charge < -0.3 is 9.47 Å². The van der Waals surface area contributed by atoms with Crippen molar-refractivity contribution < 1.29 is 14.3 Å². The van der Waals surface area contributed by atoms with Crippen LogP contribution in [0.4, 0.5) is 0 Å². The van der Waals surface area contributed by atoms with E-state index in [2.05, 4.69) is 22.6 Å². The minimum atomic E-state index is -0.102. The Bertz CT molecular complexity index is 160. The lowest BCUT2D eigenvalue weighted by Gasteiger charge is -2.09. The van der Waals surface area contributed by atoms with E-state index in [-0.39, 0.29) is 5.97 Å². The predicted octanol–water partition coefficient (Wildman–Crippen LogP) is 1.39. The summed E-state index contributed by atoms with van der Waals surface area (Å²) in [5.74, 6) is 0.249. The maximum atomic E-state index is 11.1. The highest BCUT2D eigenvalue weighted by Gasteiger charge is 2.28. The van der Waals surface area contributed by atoms with Crippen LogP contribution in [0.2, 0.25) is 0 Å². The molecule has 0 unspecified atom stereocenters. The number of ether oxygens (including phenoxy) is 2. The molecule has 3 nitrogen and oxygen atoms in total. The zero-order valence-corrected chi connectivity index (χ0v) is 9.24. The van der Waals surface area contributed by atoms with Gasteiger partial charge in [0.1, 0.15) is 0 Å². The number of esters is 1. The third-order valence-corrected chi connectivity index (χ3v) is 3.23. The van der Waals surface area contributed by atoms with Gasteiger partial charge in [0.2, 0.25) is 0 Å². The van der Waals surface area contributed by atoms with Crippen LogP contribution in [0.5, 0.6) is 0 Å². The molecule has 70 valence electrons. The normalized spacial score (nSPS) is 28.8. The van der Waals surface area contributed by atoms with Gasteiger partial charge in [0, 0.05) is 9.84 Å². The molecule has 0 amide bonds. The Hall–Kier alpha value is 0.160. The van der Waals surface area contributed by atoms with Gasteiger partial charge in [0.05, 0.1) is 26.2 Å². The third kappa shape index (κ3) is 2.90. The number of rotatable bonds is 3. The third-order valence-electron chi connectivity index (χ3n) is 1.85. The zero-order chi connectivity index (χ0) is 8.97. The molecule has 1 aliphatic heterocycles. The molecule has 1 aliphatic rings. The second kappa shape index (κ2) is 5.01. The van der Waals surface area contributed by atoms with Crippen LogP contribution in [0.25, 0.3) is 0 Å². The molecule has 1 saturated heterocycles. The van der Waals surface area contributed by atoms with Crippen molar-refractivity contribution in [2.45, 2.75) is 17.3 Å². The Morgan fingerprint density at radius 1 is 1.67 bits per heavy atom. The largest absolute Gasteiger partial charge is 0.466 e. The minimum absolute atomic E-state index is 0.102. The molecular weight excluding hydrogens is 271 g/mol. The predicted molar refractivity (Wildman–Crippen MR) is 53.4 cm³/mol. The molecule has 1 fully saturated rings. The molecule has 2 atom stereocenters. The Balaban J connectivity index is 2.25. The van der Waals surface area contributed by atoms with Crippen LogP contribution in [-0.4, -0.2) is 29.7 Å². The molecule has 0 bridgehead atoms. The number of carbonyl (C=O) groups excluding carboxylic acids is 1. The Labute approximate surface area is 85.9 Å². The van der Waals surface area contributed by atoms with Gasteiger partial charge in [0.25, 0.3) is 0 Å². The lowest BCUT2D eigenvalue weighted by molar-refractivity contribution is -0.144. The number of alkyl halides is 1. The number of hydrogen-bond donors (Lipinski definition) is 0. The summed E-state index contributed by atoms with van der Waals surface area (Å²) in [6, 6.07) is 0. The van der Waals surface area contributed by atoms with Crippen molar-refractivity contribution in [1.82, 2.24) is 0 Å². The molecule has 0 N–H and O–H groups in total. The van der Waals surface area contributed by atoms with Gasteiger partial charge in [0.15, 0.2) is 0 Å². The van der Waals surface area contributed by atoms with Crippen LogP contribution >= 0.6 is 22.6 Å². The highest BCUT2D eigenvalue weighted by atomic mass is 127. The number of hydrogen-bond acceptors (Lipinski definition) is 3. The molecule has 0 saturated carbocycles. The summed E-state index contributed by atoms with van der Waals surface area (Å²) in [5.41, 5.74) is 0. The average molecular weight is 284 g/mol. The SMILES string of the molecule is CCOC(=O)C[C@@H]1COC[C@H]1I. The maximum Gasteiger partial charge on any atom is 0.306 e. The zero-order valence-electron chi connectivity index (χ0n) is 7.09. The minimum Gasteiger partial charge on any atom is -0.466 e. The van der Waals surface area contributed by atoms with Crippen molar-refractivity contribution >= 4 is 28.6 Å². The van der Waals surface area contributed by atoms with E-state index in [1.54, 1.807) is 0 Å². The van der Waals surface area contributed by atoms with E-state index in [1.807, 2.05) is 6.92 Å². The molecule has 12 heavy (non-hydrogen) atoms. The van der Waals surface area contributed by atoms with E-state index in [0.29, 0.717) is 29.5 Å². The monoisotopic (exact) mass is 284 g/mol. The van der Waals surface area contributed by atoms with Gasteiger partial charge in [-0.25, -0.2) is 0 Å². The summed E-state index contributed by atoms with van der Waals surface area (Å²) in [4.78, 5) is 11.1. The van der Waals surface area contributed by atoms with Crippen molar-refractivity contribution in [1.29, 1.82) is 0 Å². The molecule has 0 aromatic heterocycles. The smallest absolute Gasteiger partial charge is 0.306 e. The first kappa shape index (κ1) is 10.2. The standard InChI is InChI=1S/C8H13IO3/c1-2-12-8(10)3-6-4-11-5-7(6)9/h6-7H,2-5H2,1H3/t6-,7-/m1/s1. The Kier molecular flexibility index (Phi) is 4.28. The van der Waals surface area contributed by atoms with Crippen molar-refractivity contribution in [2.75, 3.05) is 19.8 Å². The fourth-order valence-corrected chi connectivity index (χ4v) is 1.91. The summed E-state index contributed by atoms with van der Waals surface area (Å²) >= 11 is 2.32. The van der Waals surface area contributed by atoms with E-state index >= 15 is 0 Å². The lowest BCUT2D eigenvalue weighted by atomic mass is 10.1. The lowest BCUT2D eigenvalue weighted by Crippen LogP contribution is -2.17. The van der Waals surface area contributed by atoms with Gasteiger partial charge in [-0.05, 0) is 6.92 Å². The fraction of sp³-hybridized carbons (Fsp3) is 0.875. The van der Waals surface area contributed by atoms with Crippen LogP contribution < -0.4 is 0 Å². The first-order chi connectivity index (χ1) is 5.74. The van der Waals surface area contributed by atoms with Crippen molar-refractivity contribution in [3.05, 3.63) is 0 Å². The van der Waals surface area contributed by atoms with Crippen LogP contribution in [0.3, 0.4) is 0 Å². The summed E-state index contributed by atoms with van der Waals surface area (Å²) in [5, 5.41) is 0. The van der Waals surface area contributed by atoms with Crippen molar-refractivity contribution in [3.8, 4) is 0 Å². The van der Waals surface area contributed by atoms with Gasteiger partial charge >= 0.3 is 5.97 Å². The number of carbonyl (C=O) groups is 1. The Morgan fingerprint density at radius 2 is 2.42 bits per heavy atom. The van der Waals surface area contributed by atoms with E-state index in [9.17, 15) is 4.79 Å². The summed E-state index contributed by atoms with van der Waals surface area (Å²) in [6.45, 7) is 3.76. The van der Waals surface area contributed by atoms with Crippen molar-refractivity contribution in [2.24, 2.45) is 5.92 Å². The molecule has 0 aromatic carbocycles. The van der Waals surface area contributed by atoms with Gasteiger partial charge in [-0.2, -0.15) is 0 Å². The maximum absolute atomic E-state index is 11.1. The van der Waals surface area contributed by atoms with Crippen LogP contribution in [0, 0.1) is 5.92 Å². The van der Waals surface area contributed by atoms with E-state index in [4.69, 9.17) is 9.47 Å². The first-order valence-electron chi connectivity index (χ1n) is 4.11. The number of halogens is 1. The molecule has 0 spiro atoms. The van der Waals surface area contributed by atoms with E-state index < -0.39 is 0 Å². The average Bonchev–Trinajstić information content (AvgIpc) is 2.37. The van der Waals surface area contributed by atoms with Crippen molar-refractivity contribution in [3.63, 3.8) is 0 Å². The molecule has 0 aliphatic carbocycles. The second-order valence-electron chi connectivity index (χ2n) is 2.82.